The second-order valence-electron chi connectivity index (χ2n) is 16.5. The summed E-state index contributed by atoms with van der Waals surface area (Å²) in [7, 11) is -1.96. The van der Waals surface area contributed by atoms with Crippen LogP contribution in [0.3, 0.4) is 0 Å². The first-order valence-electron chi connectivity index (χ1n) is 22.1. The van der Waals surface area contributed by atoms with E-state index < -0.39 is 53.9 Å². The molecule has 2 aromatic carbocycles. The molecule has 0 aliphatic heterocycles. The molecule has 22 nitrogen and oxygen atoms in total. The number of hydrogen-bond donors (Lipinski definition) is 2. The Morgan fingerprint density at radius 3 is 1.11 bits per heavy atom. The maximum Gasteiger partial charge on any atom is 0.204 e. The van der Waals surface area contributed by atoms with Gasteiger partial charge in [0.05, 0.1) is 38.9 Å². The number of nitrogens with zero attached hydrogens (tertiary/aromatic N) is 10. The van der Waals surface area contributed by atoms with Crippen molar-refractivity contribution < 1.29 is 54.8 Å². The Morgan fingerprint density at radius 1 is 0.514 bits per heavy atom. The van der Waals surface area contributed by atoms with Crippen LogP contribution in [0.4, 0.5) is 0 Å². The number of rotatable bonds is 18. The molecule has 0 saturated carbocycles. The molecule has 380 valence electrons. The third-order valence-electron chi connectivity index (χ3n) is 11.4. The first kappa shape index (κ1) is 52.3. The van der Waals surface area contributed by atoms with Gasteiger partial charge in [-0.25, -0.2) is 36.8 Å². The van der Waals surface area contributed by atoms with E-state index in [0.717, 1.165) is 11.1 Å². The fourth-order valence-corrected chi connectivity index (χ4v) is 10.0. The van der Waals surface area contributed by atoms with Crippen LogP contribution in [0.5, 0.6) is 23.0 Å². The highest BCUT2D eigenvalue weighted by molar-refractivity contribution is 7.91. The summed E-state index contributed by atoms with van der Waals surface area (Å²) in [6.07, 6.45) is 3.22. The zero-order chi connectivity index (χ0) is 52.1. The standard InChI is InChI=1S/2C24H27N5O6S/c2*1-14-11-25-23(26-12-14)22(30)16(3)36(31,32)13-20-27-28-24(19-10-9-15(2)35-19)29(20)21-17(33-4)7-6-8-18(21)34-5/h2*6-12,16,22,30H,13H2,1-5H3/t2*16-,22+/m10/s1. The molecule has 8 aromatic rings. The van der Waals surface area contributed by atoms with E-state index in [9.17, 15) is 27.0 Å². The SMILES string of the molecule is COc1cccc(OC)c1-n1c(CS(=O)(=O)[C@@H](C)[C@@H](O)c2ncc(C)cn2)nnc1-c1ccc(C)o1.COc1cccc(OC)c1-n1c(CS(=O)(=O)[C@H](C)[C@H](O)c2ncc(C)cn2)nnc1-c1ccc(C)o1. The molecule has 0 bridgehead atoms. The summed E-state index contributed by atoms with van der Waals surface area (Å²) in [6.45, 7) is 9.99. The molecule has 8 rings (SSSR count). The number of aliphatic hydroxyl groups is 2. The van der Waals surface area contributed by atoms with E-state index in [2.05, 4.69) is 40.3 Å². The van der Waals surface area contributed by atoms with Gasteiger partial charge in [-0.1, -0.05) is 12.1 Å². The Hall–Kier alpha value is -7.54. The number of methoxy groups -OCH3 is 4. The van der Waals surface area contributed by atoms with Gasteiger partial charge < -0.3 is 38.0 Å². The molecule has 2 N–H and O–H groups in total. The van der Waals surface area contributed by atoms with Gasteiger partial charge in [-0.2, -0.15) is 0 Å². The lowest BCUT2D eigenvalue weighted by Gasteiger charge is -2.20. The molecular formula is C48H54N10O12S2. The van der Waals surface area contributed by atoms with Gasteiger partial charge in [0.2, 0.25) is 11.6 Å². The second kappa shape index (κ2) is 21.8. The monoisotopic (exact) mass is 1030 g/mol. The van der Waals surface area contributed by atoms with Crippen LogP contribution in [0, 0.1) is 27.7 Å². The number of aromatic nitrogens is 10. The molecule has 72 heavy (non-hydrogen) atoms. The van der Waals surface area contributed by atoms with Crippen LogP contribution in [-0.2, 0) is 31.2 Å². The second-order valence-corrected chi connectivity index (χ2v) is 21.3. The zero-order valence-corrected chi connectivity index (χ0v) is 42.7. The average Bonchev–Trinajstić information content (AvgIpc) is 4.20. The van der Waals surface area contributed by atoms with Crippen LogP contribution in [0.1, 0.15) is 72.0 Å². The van der Waals surface area contributed by atoms with Crippen LogP contribution >= 0.6 is 0 Å². The third-order valence-corrected chi connectivity index (χ3v) is 15.5. The molecule has 0 amide bonds. The molecule has 0 saturated heterocycles. The molecule has 0 radical (unpaired) electrons. The van der Waals surface area contributed by atoms with E-state index in [0.29, 0.717) is 57.4 Å². The van der Waals surface area contributed by atoms with Crippen molar-refractivity contribution in [2.45, 2.75) is 75.8 Å². The van der Waals surface area contributed by atoms with Crippen LogP contribution < -0.4 is 18.9 Å². The van der Waals surface area contributed by atoms with Gasteiger partial charge in [0, 0.05) is 24.8 Å². The smallest absolute Gasteiger partial charge is 0.204 e. The number of ether oxygens (including phenoxy) is 4. The number of aryl methyl sites for hydroxylation is 4. The van der Waals surface area contributed by atoms with Crippen molar-refractivity contribution in [3.63, 3.8) is 0 Å². The van der Waals surface area contributed by atoms with Gasteiger partial charge in [0.1, 0.15) is 69.6 Å². The molecular weight excluding hydrogens is 973 g/mol. The van der Waals surface area contributed by atoms with E-state index in [1.165, 1.54) is 76.2 Å². The summed E-state index contributed by atoms with van der Waals surface area (Å²) in [4.78, 5) is 16.3. The molecule has 0 aliphatic carbocycles. The Balaban J connectivity index is 0.000000211. The first-order valence-corrected chi connectivity index (χ1v) is 25.6. The van der Waals surface area contributed by atoms with Gasteiger partial charge in [0.25, 0.3) is 0 Å². The van der Waals surface area contributed by atoms with Gasteiger partial charge >= 0.3 is 0 Å². The zero-order valence-electron chi connectivity index (χ0n) is 41.1. The van der Waals surface area contributed by atoms with E-state index in [-0.39, 0.29) is 34.9 Å². The van der Waals surface area contributed by atoms with E-state index >= 15 is 0 Å². The van der Waals surface area contributed by atoms with Crippen LogP contribution in [-0.4, -0.2) is 115 Å². The third kappa shape index (κ3) is 11.0. The van der Waals surface area contributed by atoms with E-state index in [1.54, 1.807) is 88.4 Å². The summed E-state index contributed by atoms with van der Waals surface area (Å²) >= 11 is 0. The normalized spacial score (nSPS) is 13.4. The highest BCUT2D eigenvalue weighted by atomic mass is 32.2. The topological polar surface area (TPSA) is 285 Å². The van der Waals surface area contributed by atoms with Crippen molar-refractivity contribution >= 4 is 19.7 Å². The Bertz CT molecular complexity index is 3100. The largest absolute Gasteiger partial charge is 0.494 e. The van der Waals surface area contributed by atoms with Crippen LogP contribution in [0.15, 0.2) is 94.3 Å². The molecule has 0 spiro atoms. The minimum absolute atomic E-state index is 0.0243. The number of aliphatic hydroxyl groups excluding tert-OH is 2. The minimum Gasteiger partial charge on any atom is -0.494 e. The molecule has 6 aromatic heterocycles. The maximum atomic E-state index is 13.4. The molecule has 0 fully saturated rings. The fraction of sp³-hybridized carbons (Fsp3) is 0.333. The lowest BCUT2D eigenvalue weighted by Crippen LogP contribution is -2.29. The van der Waals surface area contributed by atoms with E-state index in [4.69, 9.17) is 27.8 Å². The Morgan fingerprint density at radius 2 is 0.833 bits per heavy atom. The highest BCUT2D eigenvalue weighted by Crippen LogP contribution is 2.39. The Labute approximate surface area is 415 Å². The minimum atomic E-state index is -3.97. The fourth-order valence-electron chi connectivity index (χ4n) is 7.37. The van der Waals surface area contributed by atoms with Crippen molar-refractivity contribution in [3.05, 3.63) is 131 Å². The predicted octanol–water partition coefficient (Wildman–Crippen LogP) is 5.98. The summed E-state index contributed by atoms with van der Waals surface area (Å²) in [5.74, 6) is 3.42. The van der Waals surface area contributed by atoms with Crippen molar-refractivity contribution in [2.24, 2.45) is 0 Å². The van der Waals surface area contributed by atoms with Crippen molar-refractivity contribution in [3.8, 4) is 57.5 Å². The molecule has 24 heteroatoms. The number of para-hydroxylation sites is 2. The highest BCUT2D eigenvalue weighted by Gasteiger charge is 2.36. The van der Waals surface area contributed by atoms with Crippen molar-refractivity contribution in [2.75, 3.05) is 28.4 Å². The number of furan rings is 2. The number of sulfone groups is 2. The van der Waals surface area contributed by atoms with Crippen molar-refractivity contribution in [1.29, 1.82) is 0 Å². The average molecular weight is 1030 g/mol. The Kier molecular flexibility index (Phi) is 15.9. The molecule has 0 unspecified atom stereocenters. The summed E-state index contributed by atoms with van der Waals surface area (Å²) in [5, 5.41) is 35.9. The van der Waals surface area contributed by atoms with Gasteiger partial charge in [-0.05, 0) is 101 Å². The summed E-state index contributed by atoms with van der Waals surface area (Å²) in [6, 6.07) is 17.3. The van der Waals surface area contributed by atoms with Crippen molar-refractivity contribution in [1.82, 2.24) is 49.5 Å². The van der Waals surface area contributed by atoms with Gasteiger partial charge in [-0.15, -0.1) is 20.4 Å². The number of hydrogen-bond acceptors (Lipinski definition) is 20. The van der Waals surface area contributed by atoms with Gasteiger partial charge in [-0.3, -0.25) is 9.13 Å². The van der Waals surface area contributed by atoms with Crippen LogP contribution in [0.2, 0.25) is 0 Å². The predicted molar refractivity (Wildman–Crippen MR) is 261 cm³/mol. The maximum absolute atomic E-state index is 13.4. The molecule has 6 heterocycles. The molecule has 4 atom stereocenters. The first-order chi connectivity index (χ1) is 34.3. The van der Waals surface area contributed by atoms with Gasteiger partial charge in [0.15, 0.2) is 54.5 Å². The van der Waals surface area contributed by atoms with E-state index in [1.807, 2.05) is 0 Å². The summed E-state index contributed by atoms with van der Waals surface area (Å²) < 4.78 is 90.6. The van der Waals surface area contributed by atoms with Crippen LogP contribution in [0.25, 0.3) is 34.5 Å². The lowest BCUT2D eigenvalue weighted by molar-refractivity contribution is 0.165. The summed E-state index contributed by atoms with van der Waals surface area (Å²) in [5.41, 5.74) is 2.41. The lowest BCUT2D eigenvalue weighted by atomic mass is 10.2. The quantitative estimate of drug-likeness (QED) is 0.1000. The number of benzene rings is 2. The molecule has 0 aliphatic rings.